The van der Waals surface area contributed by atoms with E-state index in [4.69, 9.17) is 0 Å². The fourth-order valence-electron chi connectivity index (χ4n) is 2.23. The maximum atomic E-state index is 12.0. The van der Waals surface area contributed by atoms with E-state index in [-0.39, 0.29) is 11.7 Å². The number of pyridine rings is 1. The molecule has 2 aromatic rings. The number of fused-ring (bicyclic) bond motifs is 1. The summed E-state index contributed by atoms with van der Waals surface area (Å²) in [6.07, 6.45) is 4.11. The van der Waals surface area contributed by atoms with Crippen LogP contribution in [0.15, 0.2) is 42.7 Å². The number of rotatable bonds is 2. The second-order valence-electron chi connectivity index (χ2n) is 4.57. The van der Waals surface area contributed by atoms with Gasteiger partial charge in [-0.3, -0.25) is 14.6 Å². The Bertz CT molecular complexity index is 650. The highest BCUT2D eigenvalue weighted by Gasteiger charge is 2.18. The number of ketones is 1. The smallest absolute Gasteiger partial charge is 0.257 e. The van der Waals surface area contributed by atoms with Gasteiger partial charge in [-0.15, -0.1) is 0 Å². The molecule has 1 aromatic carbocycles. The molecule has 0 saturated carbocycles. The molecule has 1 aliphatic rings. The molecule has 0 aliphatic heterocycles. The van der Waals surface area contributed by atoms with E-state index in [1.165, 1.54) is 6.20 Å². The Morgan fingerprint density at radius 3 is 2.79 bits per heavy atom. The number of amides is 1. The summed E-state index contributed by atoms with van der Waals surface area (Å²) in [5.41, 5.74) is 3.29. The van der Waals surface area contributed by atoms with Crippen LogP contribution in [0.5, 0.6) is 0 Å². The Hall–Kier alpha value is -2.49. The number of aromatic nitrogens is 1. The van der Waals surface area contributed by atoms with Crippen LogP contribution in [0.4, 0.5) is 5.69 Å². The predicted molar refractivity (Wildman–Crippen MR) is 71.0 cm³/mol. The van der Waals surface area contributed by atoms with Crippen molar-refractivity contribution in [1.82, 2.24) is 4.98 Å². The number of anilines is 1. The summed E-state index contributed by atoms with van der Waals surface area (Å²) in [6, 6.07) is 9.02. The predicted octanol–water partition coefficient (Wildman–Crippen LogP) is 2.00. The van der Waals surface area contributed by atoms with Crippen LogP contribution in [0.3, 0.4) is 0 Å². The Balaban J connectivity index is 1.80. The molecule has 0 radical (unpaired) electrons. The van der Waals surface area contributed by atoms with E-state index in [0.29, 0.717) is 24.1 Å². The number of hydrogen-bond donors (Lipinski definition) is 1. The molecule has 0 unspecified atom stereocenters. The number of Topliss-reactive ketones (excluding diaryl/α,β-unsaturated/α-hetero) is 1. The van der Waals surface area contributed by atoms with E-state index in [2.05, 4.69) is 10.3 Å². The highest BCUT2D eigenvalue weighted by atomic mass is 16.1. The first-order valence-electron chi connectivity index (χ1n) is 6.07. The molecular weight excluding hydrogens is 240 g/mol. The Kier molecular flexibility index (Phi) is 2.83. The molecule has 1 aromatic heterocycles. The molecule has 4 nitrogen and oxygen atoms in total. The molecule has 1 N–H and O–H groups in total. The van der Waals surface area contributed by atoms with Gasteiger partial charge in [0.15, 0.2) is 0 Å². The summed E-state index contributed by atoms with van der Waals surface area (Å²) in [6.45, 7) is 0. The Labute approximate surface area is 110 Å². The van der Waals surface area contributed by atoms with E-state index >= 15 is 0 Å². The van der Waals surface area contributed by atoms with E-state index in [0.717, 1.165) is 11.1 Å². The normalized spacial score (nSPS) is 13.2. The minimum atomic E-state index is -0.197. The van der Waals surface area contributed by atoms with Crippen molar-refractivity contribution in [2.45, 2.75) is 12.8 Å². The van der Waals surface area contributed by atoms with Crippen molar-refractivity contribution in [1.29, 1.82) is 0 Å². The third-order valence-electron chi connectivity index (χ3n) is 3.16. The van der Waals surface area contributed by atoms with Gasteiger partial charge < -0.3 is 5.32 Å². The molecule has 0 saturated heterocycles. The lowest BCUT2D eigenvalue weighted by Crippen LogP contribution is -2.12. The molecule has 1 aliphatic carbocycles. The second kappa shape index (κ2) is 4.65. The number of carbonyl (C=O) groups is 2. The zero-order chi connectivity index (χ0) is 13.2. The van der Waals surface area contributed by atoms with Gasteiger partial charge in [0.25, 0.3) is 5.91 Å². The monoisotopic (exact) mass is 252 g/mol. The van der Waals surface area contributed by atoms with Crippen LogP contribution in [-0.4, -0.2) is 16.7 Å². The molecule has 0 atom stereocenters. The molecule has 1 amide bonds. The molecule has 19 heavy (non-hydrogen) atoms. The standard InChI is InChI=1S/C15H12N2O2/c18-14-7-10-3-4-13(6-12(10)8-14)17-15(19)11-2-1-5-16-9-11/h1-6,9H,7-8H2,(H,17,19). The van der Waals surface area contributed by atoms with Crippen LogP contribution in [0.1, 0.15) is 21.5 Å². The molecule has 3 rings (SSSR count). The van der Waals surface area contributed by atoms with Crippen LogP contribution in [0.2, 0.25) is 0 Å². The van der Waals surface area contributed by atoms with Crippen LogP contribution in [0.25, 0.3) is 0 Å². The zero-order valence-electron chi connectivity index (χ0n) is 10.2. The number of nitrogens with zero attached hydrogens (tertiary/aromatic N) is 1. The van der Waals surface area contributed by atoms with E-state index in [1.807, 2.05) is 18.2 Å². The first-order valence-corrected chi connectivity index (χ1v) is 6.07. The summed E-state index contributed by atoms with van der Waals surface area (Å²) in [5.74, 6) is 0.0307. The van der Waals surface area contributed by atoms with Crippen molar-refractivity contribution in [2.24, 2.45) is 0 Å². The van der Waals surface area contributed by atoms with E-state index in [1.54, 1.807) is 18.3 Å². The van der Waals surface area contributed by atoms with Gasteiger partial charge in [0.05, 0.1) is 5.56 Å². The van der Waals surface area contributed by atoms with Crippen molar-refractivity contribution in [3.05, 3.63) is 59.4 Å². The average molecular weight is 252 g/mol. The van der Waals surface area contributed by atoms with Crippen LogP contribution in [-0.2, 0) is 17.6 Å². The molecule has 1 heterocycles. The Morgan fingerprint density at radius 1 is 1.16 bits per heavy atom. The van der Waals surface area contributed by atoms with Crippen molar-refractivity contribution in [3.63, 3.8) is 0 Å². The van der Waals surface area contributed by atoms with Crippen LogP contribution >= 0.6 is 0 Å². The van der Waals surface area contributed by atoms with Crippen LogP contribution < -0.4 is 5.32 Å². The number of carbonyl (C=O) groups excluding carboxylic acids is 2. The van der Waals surface area contributed by atoms with E-state index < -0.39 is 0 Å². The maximum Gasteiger partial charge on any atom is 0.257 e. The summed E-state index contributed by atoms with van der Waals surface area (Å²) < 4.78 is 0. The van der Waals surface area contributed by atoms with Gasteiger partial charge >= 0.3 is 0 Å². The summed E-state index contributed by atoms with van der Waals surface area (Å²) in [5, 5.41) is 2.81. The van der Waals surface area contributed by atoms with Gasteiger partial charge in [-0.1, -0.05) is 6.07 Å². The number of nitrogens with one attached hydrogen (secondary N) is 1. The summed E-state index contributed by atoms with van der Waals surface area (Å²) >= 11 is 0. The summed E-state index contributed by atoms with van der Waals surface area (Å²) in [4.78, 5) is 27.2. The quantitative estimate of drug-likeness (QED) is 0.889. The maximum absolute atomic E-state index is 12.0. The lowest BCUT2D eigenvalue weighted by molar-refractivity contribution is -0.117. The van der Waals surface area contributed by atoms with Crippen LogP contribution in [0, 0.1) is 0 Å². The molecule has 94 valence electrons. The van der Waals surface area contributed by atoms with Gasteiger partial charge in [-0.2, -0.15) is 0 Å². The fourth-order valence-corrected chi connectivity index (χ4v) is 2.23. The van der Waals surface area contributed by atoms with Gasteiger partial charge in [0, 0.05) is 30.9 Å². The third kappa shape index (κ3) is 2.38. The topological polar surface area (TPSA) is 59.1 Å². The average Bonchev–Trinajstić information content (AvgIpc) is 2.79. The Morgan fingerprint density at radius 2 is 2.00 bits per heavy atom. The number of hydrogen-bond acceptors (Lipinski definition) is 3. The highest BCUT2D eigenvalue weighted by molar-refractivity contribution is 6.04. The molecule has 0 bridgehead atoms. The number of benzene rings is 1. The minimum Gasteiger partial charge on any atom is -0.322 e. The van der Waals surface area contributed by atoms with Crippen molar-refractivity contribution >= 4 is 17.4 Å². The highest BCUT2D eigenvalue weighted by Crippen LogP contribution is 2.23. The zero-order valence-corrected chi connectivity index (χ0v) is 10.2. The first-order chi connectivity index (χ1) is 9.22. The molecule has 4 heteroatoms. The van der Waals surface area contributed by atoms with Crippen molar-refractivity contribution in [2.75, 3.05) is 5.32 Å². The van der Waals surface area contributed by atoms with Gasteiger partial charge in [-0.25, -0.2) is 0 Å². The fraction of sp³-hybridized carbons (Fsp3) is 0.133. The van der Waals surface area contributed by atoms with Crippen molar-refractivity contribution in [3.8, 4) is 0 Å². The SMILES string of the molecule is O=C1Cc2ccc(NC(=O)c3cccnc3)cc2C1. The lowest BCUT2D eigenvalue weighted by Gasteiger charge is -2.06. The first kappa shape index (κ1) is 11.6. The van der Waals surface area contributed by atoms with Gasteiger partial charge in [0.1, 0.15) is 5.78 Å². The second-order valence-corrected chi connectivity index (χ2v) is 4.57. The summed E-state index contributed by atoms with van der Waals surface area (Å²) in [7, 11) is 0. The lowest BCUT2D eigenvalue weighted by atomic mass is 10.1. The van der Waals surface area contributed by atoms with E-state index in [9.17, 15) is 9.59 Å². The van der Waals surface area contributed by atoms with Gasteiger partial charge in [0.2, 0.25) is 0 Å². The van der Waals surface area contributed by atoms with Gasteiger partial charge in [-0.05, 0) is 35.4 Å². The largest absolute Gasteiger partial charge is 0.322 e. The molecule has 0 fully saturated rings. The minimum absolute atomic E-state index is 0.197. The van der Waals surface area contributed by atoms with Crippen molar-refractivity contribution < 1.29 is 9.59 Å². The molecular formula is C15H12N2O2. The third-order valence-corrected chi connectivity index (χ3v) is 3.16. The molecule has 0 spiro atoms.